The average Bonchev–Trinajstić information content (AvgIpc) is 3.08. The molecule has 0 saturated carbocycles. The van der Waals surface area contributed by atoms with E-state index in [0.717, 1.165) is 16.4 Å². The van der Waals surface area contributed by atoms with E-state index in [1.54, 1.807) is 36.7 Å². The average molecular weight is 389 g/mol. The summed E-state index contributed by atoms with van der Waals surface area (Å²) in [5.41, 5.74) is 3.35. The van der Waals surface area contributed by atoms with E-state index in [0.29, 0.717) is 12.3 Å². The Labute approximate surface area is 157 Å². The molecule has 0 aliphatic carbocycles. The highest BCUT2D eigenvalue weighted by molar-refractivity contribution is 7.99. The molecular weight excluding hydrogens is 368 g/mol. The lowest BCUT2D eigenvalue weighted by Crippen LogP contribution is -2.26. The second-order valence-electron chi connectivity index (χ2n) is 5.83. The molecule has 0 fully saturated rings. The zero-order chi connectivity index (χ0) is 18.6. The van der Waals surface area contributed by atoms with Gasteiger partial charge in [-0.1, -0.05) is 47.7 Å². The first kappa shape index (κ1) is 18.6. The van der Waals surface area contributed by atoms with Crippen LogP contribution in [0.25, 0.3) is 5.69 Å². The van der Waals surface area contributed by atoms with Gasteiger partial charge >= 0.3 is 0 Å². The van der Waals surface area contributed by atoms with Gasteiger partial charge in [-0.25, -0.2) is 13.1 Å². The van der Waals surface area contributed by atoms with Gasteiger partial charge in [0.15, 0.2) is 5.16 Å². The molecule has 0 unspecified atom stereocenters. The van der Waals surface area contributed by atoms with Crippen LogP contribution in [0.3, 0.4) is 0 Å². The van der Waals surface area contributed by atoms with E-state index in [-0.39, 0.29) is 4.90 Å². The van der Waals surface area contributed by atoms with E-state index in [4.69, 9.17) is 0 Å². The Morgan fingerprint density at radius 2 is 1.88 bits per heavy atom. The Kier molecular flexibility index (Phi) is 5.75. The molecule has 26 heavy (non-hydrogen) atoms. The molecule has 2 aromatic carbocycles. The number of sulfonamides is 1. The molecule has 0 radical (unpaired) electrons. The van der Waals surface area contributed by atoms with Crippen LogP contribution in [0.2, 0.25) is 0 Å². The minimum atomic E-state index is -3.48. The summed E-state index contributed by atoms with van der Waals surface area (Å²) in [6.07, 6.45) is 1.67. The first-order valence-corrected chi connectivity index (χ1v) is 10.6. The molecule has 0 bridgehead atoms. The van der Waals surface area contributed by atoms with Gasteiger partial charge in [-0.2, -0.15) is 0 Å². The molecule has 1 heterocycles. The quantitative estimate of drug-likeness (QED) is 0.497. The van der Waals surface area contributed by atoms with E-state index in [1.807, 2.05) is 23.6 Å². The van der Waals surface area contributed by atoms with Crippen LogP contribution in [0.5, 0.6) is 0 Å². The van der Waals surface area contributed by atoms with Crippen LogP contribution >= 0.6 is 11.8 Å². The largest absolute Gasteiger partial charge is 0.276 e. The smallest absolute Gasteiger partial charge is 0.240 e. The molecule has 0 atom stereocenters. The Bertz CT molecular complexity index is 985. The van der Waals surface area contributed by atoms with Crippen molar-refractivity contribution in [2.75, 3.05) is 12.3 Å². The zero-order valence-electron chi connectivity index (χ0n) is 14.6. The number of nitrogens with zero attached hydrogens (tertiary/aromatic N) is 3. The minimum absolute atomic E-state index is 0.267. The Morgan fingerprint density at radius 3 is 2.62 bits per heavy atom. The van der Waals surface area contributed by atoms with Gasteiger partial charge in [-0.3, -0.25) is 4.57 Å². The molecule has 3 aromatic rings. The van der Waals surface area contributed by atoms with Crippen LogP contribution in [-0.2, 0) is 10.0 Å². The summed E-state index contributed by atoms with van der Waals surface area (Å²) in [6, 6.07) is 14.5. The van der Waals surface area contributed by atoms with Gasteiger partial charge in [0.05, 0.1) is 10.6 Å². The molecule has 0 aliphatic rings. The molecule has 0 aliphatic heterocycles. The number of thioether (sulfide) groups is 1. The first-order valence-electron chi connectivity index (χ1n) is 8.12. The molecule has 0 spiro atoms. The highest BCUT2D eigenvalue weighted by atomic mass is 32.2. The van der Waals surface area contributed by atoms with Crippen LogP contribution in [0.15, 0.2) is 64.9 Å². The number of rotatable bonds is 7. The molecule has 0 amide bonds. The fraction of sp³-hybridized carbons (Fsp3) is 0.222. The van der Waals surface area contributed by atoms with Crippen molar-refractivity contribution < 1.29 is 8.42 Å². The van der Waals surface area contributed by atoms with Crippen LogP contribution in [0.1, 0.15) is 11.1 Å². The third-order valence-corrected chi connectivity index (χ3v) is 6.23. The van der Waals surface area contributed by atoms with Crippen molar-refractivity contribution in [2.45, 2.75) is 23.9 Å². The van der Waals surface area contributed by atoms with Crippen molar-refractivity contribution in [1.82, 2.24) is 19.5 Å². The van der Waals surface area contributed by atoms with Crippen molar-refractivity contribution in [3.8, 4) is 5.69 Å². The van der Waals surface area contributed by atoms with Crippen molar-refractivity contribution in [2.24, 2.45) is 0 Å². The minimum Gasteiger partial charge on any atom is -0.276 e. The lowest BCUT2D eigenvalue weighted by atomic mass is 10.1. The van der Waals surface area contributed by atoms with Gasteiger partial charge < -0.3 is 0 Å². The Morgan fingerprint density at radius 1 is 1.12 bits per heavy atom. The fourth-order valence-corrected chi connectivity index (χ4v) is 4.52. The van der Waals surface area contributed by atoms with Crippen LogP contribution in [0, 0.1) is 13.8 Å². The predicted octanol–water partition coefficient (Wildman–Crippen LogP) is 2.95. The summed E-state index contributed by atoms with van der Waals surface area (Å²) < 4.78 is 28.9. The molecule has 1 aromatic heterocycles. The van der Waals surface area contributed by atoms with E-state index in [9.17, 15) is 8.42 Å². The number of hydrogen-bond acceptors (Lipinski definition) is 5. The number of benzene rings is 2. The normalized spacial score (nSPS) is 11.6. The van der Waals surface area contributed by atoms with Gasteiger partial charge in [0.2, 0.25) is 10.0 Å². The van der Waals surface area contributed by atoms with Crippen molar-refractivity contribution >= 4 is 21.8 Å². The van der Waals surface area contributed by atoms with Gasteiger partial charge in [0.25, 0.3) is 0 Å². The van der Waals surface area contributed by atoms with Gasteiger partial charge in [0, 0.05) is 12.3 Å². The highest BCUT2D eigenvalue weighted by Gasteiger charge is 2.13. The van der Waals surface area contributed by atoms with Gasteiger partial charge in [-0.15, -0.1) is 10.2 Å². The van der Waals surface area contributed by atoms with E-state index < -0.39 is 10.0 Å². The summed E-state index contributed by atoms with van der Waals surface area (Å²) in [7, 11) is -3.48. The van der Waals surface area contributed by atoms with Crippen molar-refractivity contribution in [3.63, 3.8) is 0 Å². The predicted molar refractivity (Wildman–Crippen MR) is 103 cm³/mol. The Balaban J connectivity index is 1.62. The molecule has 3 rings (SSSR count). The number of aromatic nitrogens is 3. The molecular formula is C18H20N4O2S2. The summed E-state index contributed by atoms with van der Waals surface area (Å²) in [6.45, 7) is 4.41. The number of aryl methyl sites for hydroxylation is 2. The maximum absolute atomic E-state index is 12.2. The van der Waals surface area contributed by atoms with Gasteiger partial charge in [0.1, 0.15) is 6.33 Å². The maximum Gasteiger partial charge on any atom is 0.240 e. The maximum atomic E-state index is 12.2. The molecule has 0 saturated heterocycles. The lowest BCUT2D eigenvalue weighted by molar-refractivity contribution is 0.584. The molecule has 1 N–H and O–H groups in total. The summed E-state index contributed by atoms with van der Waals surface area (Å²) in [4.78, 5) is 0.267. The number of hydrogen-bond donors (Lipinski definition) is 1. The van der Waals surface area contributed by atoms with Gasteiger partial charge in [-0.05, 0) is 37.6 Å². The Hall–Kier alpha value is -2.16. The molecule has 6 nitrogen and oxygen atoms in total. The first-order chi connectivity index (χ1) is 12.5. The molecule has 136 valence electrons. The van der Waals surface area contributed by atoms with Crippen molar-refractivity contribution in [1.29, 1.82) is 0 Å². The summed E-state index contributed by atoms with van der Waals surface area (Å²) in [5.74, 6) is 0.551. The third kappa shape index (κ3) is 4.32. The van der Waals surface area contributed by atoms with Crippen LogP contribution < -0.4 is 4.72 Å². The second kappa shape index (κ2) is 8.03. The van der Waals surface area contributed by atoms with Crippen LogP contribution in [0.4, 0.5) is 0 Å². The van der Waals surface area contributed by atoms with E-state index in [1.165, 1.54) is 17.3 Å². The zero-order valence-corrected chi connectivity index (χ0v) is 16.2. The lowest BCUT2D eigenvalue weighted by Gasteiger charge is -2.10. The SMILES string of the molecule is Cc1ccc(-n2cnnc2SCCNS(=O)(=O)c2ccccc2)c(C)c1. The number of nitrogens with one attached hydrogen (secondary N) is 1. The fourth-order valence-electron chi connectivity index (χ4n) is 2.57. The highest BCUT2D eigenvalue weighted by Crippen LogP contribution is 2.22. The van der Waals surface area contributed by atoms with E-state index >= 15 is 0 Å². The standard InChI is InChI=1S/C18H20N4O2S2/c1-14-8-9-17(15(2)12-14)22-13-19-21-18(22)25-11-10-20-26(23,24)16-6-4-3-5-7-16/h3-9,12-13,20H,10-11H2,1-2H3. The second-order valence-corrected chi connectivity index (χ2v) is 8.66. The topological polar surface area (TPSA) is 76.9 Å². The van der Waals surface area contributed by atoms with E-state index in [2.05, 4.69) is 27.9 Å². The molecule has 8 heteroatoms. The summed E-state index contributed by atoms with van der Waals surface area (Å²) in [5, 5.41) is 8.87. The van der Waals surface area contributed by atoms with Crippen molar-refractivity contribution in [3.05, 3.63) is 66.0 Å². The monoisotopic (exact) mass is 388 g/mol. The third-order valence-electron chi connectivity index (χ3n) is 3.81. The summed E-state index contributed by atoms with van der Waals surface area (Å²) >= 11 is 1.46. The van der Waals surface area contributed by atoms with Crippen LogP contribution in [-0.4, -0.2) is 35.5 Å².